The molecule has 0 radical (unpaired) electrons. The predicted molar refractivity (Wildman–Crippen MR) is 83.0 cm³/mol. The fourth-order valence-corrected chi connectivity index (χ4v) is 2.99. The molecule has 0 fully saturated rings. The quantitative estimate of drug-likeness (QED) is 0.773. The molecule has 1 aromatic carbocycles. The van der Waals surface area contributed by atoms with E-state index < -0.39 is 6.10 Å². The van der Waals surface area contributed by atoms with Crippen molar-refractivity contribution in [2.45, 2.75) is 13.0 Å². The van der Waals surface area contributed by atoms with Gasteiger partial charge in [0.15, 0.2) is 0 Å². The molecule has 1 atom stereocenters. The van der Waals surface area contributed by atoms with Gasteiger partial charge in [0.05, 0.1) is 11.5 Å². The maximum atomic E-state index is 9.37. The largest absolute Gasteiger partial charge is 0.392 e. The molecule has 0 unspecified atom stereocenters. The molecule has 0 bridgehead atoms. The lowest BCUT2D eigenvalue weighted by molar-refractivity contribution is 0.208. The Hall–Kier alpha value is -1.98. The Morgan fingerprint density at radius 3 is 2.80 bits per heavy atom. The lowest BCUT2D eigenvalue weighted by Crippen LogP contribution is -2.16. The van der Waals surface area contributed by atoms with Gasteiger partial charge in [-0.3, -0.25) is 0 Å². The number of aliphatic hydroxyl groups is 1. The summed E-state index contributed by atoms with van der Waals surface area (Å²) in [6.07, 6.45) is 1.14. The van der Waals surface area contributed by atoms with E-state index in [9.17, 15) is 5.11 Å². The maximum Gasteiger partial charge on any atom is 0.138 e. The SMILES string of the molecule is C[C@@H](O)CNc1ncnc2sc(-c3ccccc3)cc12. The van der Waals surface area contributed by atoms with E-state index in [0.717, 1.165) is 16.0 Å². The molecule has 0 spiro atoms. The number of aliphatic hydroxyl groups excluding tert-OH is 1. The predicted octanol–water partition coefficient (Wildman–Crippen LogP) is 3.15. The zero-order chi connectivity index (χ0) is 13.9. The summed E-state index contributed by atoms with van der Waals surface area (Å²) in [5.41, 5.74) is 1.18. The van der Waals surface area contributed by atoms with Gasteiger partial charge in [0.2, 0.25) is 0 Å². The first-order valence-corrected chi connectivity index (χ1v) is 7.27. The average molecular weight is 285 g/mol. The third kappa shape index (κ3) is 2.64. The van der Waals surface area contributed by atoms with E-state index in [0.29, 0.717) is 6.54 Å². The Kier molecular flexibility index (Phi) is 3.62. The number of aromatic nitrogens is 2. The molecule has 3 aromatic rings. The van der Waals surface area contributed by atoms with Crippen molar-refractivity contribution in [2.24, 2.45) is 0 Å². The van der Waals surface area contributed by atoms with Gasteiger partial charge in [-0.05, 0) is 18.6 Å². The van der Waals surface area contributed by atoms with Crippen molar-refractivity contribution in [3.63, 3.8) is 0 Å². The normalized spacial score (nSPS) is 12.5. The Balaban J connectivity index is 2.00. The number of benzene rings is 1. The van der Waals surface area contributed by atoms with Crippen molar-refractivity contribution < 1.29 is 5.11 Å². The third-order valence-corrected chi connectivity index (χ3v) is 4.04. The monoisotopic (exact) mass is 285 g/mol. The van der Waals surface area contributed by atoms with Crippen LogP contribution in [-0.4, -0.2) is 27.7 Å². The van der Waals surface area contributed by atoms with Crippen LogP contribution in [0.5, 0.6) is 0 Å². The molecule has 20 heavy (non-hydrogen) atoms. The highest BCUT2D eigenvalue weighted by Gasteiger charge is 2.10. The summed E-state index contributed by atoms with van der Waals surface area (Å²) in [5.74, 6) is 0.773. The number of thiophene rings is 1. The Morgan fingerprint density at radius 2 is 2.05 bits per heavy atom. The van der Waals surface area contributed by atoms with Gasteiger partial charge in [0.25, 0.3) is 0 Å². The molecule has 4 nitrogen and oxygen atoms in total. The van der Waals surface area contributed by atoms with Gasteiger partial charge < -0.3 is 10.4 Å². The van der Waals surface area contributed by atoms with E-state index in [1.54, 1.807) is 24.6 Å². The van der Waals surface area contributed by atoms with Crippen LogP contribution in [0.1, 0.15) is 6.92 Å². The summed E-state index contributed by atoms with van der Waals surface area (Å²) in [7, 11) is 0. The summed E-state index contributed by atoms with van der Waals surface area (Å²) in [6, 6.07) is 12.3. The molecule has 0 aliphatic carbocycles. The highest BCUT2D eigenvalue weighted by Crippen LogP contribution is 2.34. The molecular weight excluding hydrogens is 270 g/mol. The van der Waals surface area contributed by atoms with Crippen LogP contribution in [0.3, 0.4) is 0 Å². The van der Waals surface area contributed by atoms with Crippen molar-refractivity contribution in [3.8, 4) is 10.4 Å². The lowest BCUT2D eigenvalue weighted by Gasteiger charge is -2.07. The Labute approximate surface area is 121 Å². The molecule has 3 rings (SSSR count). The number of hydrogen-bond donors (Lipinski definition) is 2. The minimum absolute atomic E-state index is 0.410. The van der Waals surface area contributed by atoms with Gasteiger partial charge >= 0.3 is 0 Å². The molecule has 2 heterocycles. The average Bonchev–Trinajstić information content (AvgIpc) is 2.90. The van der Waals surface area contributed by atoms with Gasteiger partial charge in [0, 0.05) is 11.4 Å². The number of rotatable bonds is 4. The summed E-state index contributed by atoms with van der Waals surface area (Å²) in [4.78, 5) is 10.7. The van der Waals surface area contributed by atoms with Crippen LogP contribution in [0.25, 0.3) is 20.7 Å². The number of fused-ring (bicyclic) bond motifs is 1. The first-order chi connectivity index (χ1) is 9.74. The standard InChI is InChI=1S/C15H15N3OS/c1-10(19)8-16-14-12-7-13(11-5-3-2-4-6-11)20-15(12)18-9-17-14/h2-7,9-10,19H,8H2,1H3,(H,16,17,18)/t10-/m1/s1. The van der Waals surface area contributed by atoms with Crippen LogP contribution in [0, 0.1) is 0 Å². The fraction of sp³-hybridized carbons (Fsp3) is 0.200. The van der Waals surface area contributed by atoms with Crippen LogP contribution >= 0.6 is 11.3 Å². The van der Waals surface area contributed by atoms with Gasteiger partial charge in [-0.1, -0.05) is 30.3 Å². The molecule has 102 valence electrons. The number of hydrogen-bond acceptors (Lipinski definition) is 5. The first-order valence-electron chi connectivity index (χ1n) is 6.46. The van der Waals surface area contributed by atoms with E-state index in [2.05, 4.69) is 33.5 Å². The Bertz CT molecular complexity index is 709. The number of nitrogens with one attached hydrogen (secondary N) is 1. The second kappa shape index (κ2) is 5.56. The minimum Gasteiger partial charge on any atom is -0.392 e. The zero-order valence-corrected chi connectivity index (χ0v) is 11.9. The van der Waals surface area contributed by atoms with E-state index in [-0.39, 0.29) is 0 Å². The van der Waals surface area contributed by atoms with Crippen LogP contribution < -0.4 is 5.32 Å². The van der Waals surface area contributed by atoms with Crippen LogP contribution in [0.15, 0.2) is 42.7 Å². The molecule has 0 aliphatic rings. The first kappa shape index (κ1) is 13.0. The zero-order valence-electron chi connectivity index (χ0n) is 11.1. The molecule has 0 amide bonds. The highest BCUT2D eigenvalue weighted by atomic mass is 32.1. The maximum absolute atomic E-state index is 9.37. The minimum atomic E-state index is -0.410. The van der Waals surface area contributed by atoms with Crippen LogP contribution in [0.4, 0.5) is 5.82 Å². The van der Waals surface area contributed by atoms with Crippen molar-refractivity contribution in [3.05, 3.63) is 42.7 Å². The summed E-state index contributed by atoms with van der Waals surface area (Å²) in [6.45, 7) is 2.22. The van der Waals surface area contributed by atoms with Crippen molar-refractivity contribution in [1.29, 1.82) is 0 Å². The molecule has 2 N–H and O–H groups in total. The molecule has 2 aromatic heterocycles. The molecule has 5 heteroatoms. The second-order valence-electron chi connectivity index (χ2n) is 4.65. The molecule has 0 saturated carbocycles. The van der Waals surface area contributed by atoms with Crippen molar-refractivity contribution >= 4 is 27.4 Å². The van der Waals surface area contributed by atoms with Crippen LogP contribution in [0.2, 0.25) is 0 Å². The number of anilines is 1. The van der Waals surface area contributed by atoms with E-state index in [1.807, 2.05) is 18.2 Å². The second-order valence-corrected chi connectivity index (χ2v) is 5.68. The number of nitrogens with zero attached hydrogens (tertiary/aromatic N) is 2. The lowest BCUT2D eigenvalue weighted by atomic mass is 10.2. The van der Waals surface area contributed by atoms with Gasteiger partial charge in [-0.2, -0.15) is 0 Å². The molecule has 0 aliphatic heterocycles. The smallest absolute Gasteiger partial charge is 0.138 e. The summed E-state index contributed by atoms with van der Waals surface area (Å²) in [5, 5.41) is 13.5. The summed E-state index contributed by atoms with van der Waals surface area (Å²) >= 11 is 1.65. The summed E-state index contributed by atoms with van der Waals surface area (Å²) < 4.78 is 0. The van der Waals surface area contributed by atoms with E-state index >= 15 is 0 Å². The van der Waals surface area contributed by atoms with Crippen LogP contribution in [-0.2, 0) is 0 Å². The van der Waals surface area contributed by atoms with Crippen molar-refractivity contribution in [1.82, 2.24) is 9.97 Å². The Morgan fingerprint density at radius 1 is 1.25 bits per heavy atom. The highest BCUT2D eigenvalue weighted by molar-refractivity contribution is 7.21. The third-order valence-electron chi connectivity index (χ3n) is 2.95. The molecular formula is C15H15N3OS. The molecule has 0 saturated heterocycles. The van der Waals surface area contributed by atoms with Gasteiger partial charge in [-0.25, -0.2) is 9.97 Å². The fourth-order valence-electron chi connectivity index (χ4n) is 1.99. The topological polar surface area (TPSA) is 58.0 Å². The van der Waals surface area contributed by atoms with Gasteiger partial charge in [-0.15, -0.1) is 11.3 Å². The van der Waals surface area contributed by atoms with E-state index in [1.165, 1.54) is 10.4 Å². The van der Waals surface area contributed by atoms with Gasteiger partial charge in [0.1, 0.15) is 17.0 Å². The van der Waals surface area contributed by atoms with E-state index in [4.69, 9.17) is 0 Å². The van der Waals surface area contributed by atoms with Crippen molar-refractivity contribution in [2.75, 3.05) is 11.9 Å².